The molecule has 16 heavy (non-hydrogen) atoms. The molecule has 0 amide bonds. The van der Waals surface area contributed by atoms with Crippen molar-refractivity contribution in [1.82, 2.24) is 14.8 Å². The lowest BCUT2D eigenvalue weighted by Gasteiger charge is -2.14. The van der Waals surface area contributed by atoms with Crippen molar-refractivity contribution in [1.29, 1.82) is 0 Å². The van der Waals surface area contributed by atoms with Crippen LogP contribution in [-0.2, 0) is 7.05 Å². The van der Waals surface area contributed by atoms with Crippen molar-refractivity contribution >= 4 is 0 Å². The quantitative estimate of drug-likeness (QED) is 0.841. The number of benzene rings is 1. The third-order valence-corrected chi connectivity index (χ3v) is 2.54. The van der Waals surface area contributed by atoms with Gasteiger partial charge in [-0.25, -0.2) is 9.37 Å². The van der Waals surface area contributed by atoms with Crippen LogP contribution in [0.1, 0.15) is 17.3 Å². The number of aromatic nitrogens is 3. The number of nitrogens with zero attached hydrogens (tertiary/aromatic N) is 3. The Morgan fingerprint density at radius 1 is 1.50 bits per heavy atom. The van der Waals surface area contributed by atoms with Gasteiger partial charge in [-0.3, -0.25) is 4.68 Å². The second-order valence-electron chi connectivity index (χ2n) is 3.59. The zero-order valence-corrected chi connectivity index (χ0v) is 8.97. The van der Waals surface area contributed by atoms with E-state index >= 15 is 0 Å². The van der Waals surface area contributed by atoms with Crippen LogP contribution < -0.4 is 5.73 Å². The van der Waals surface area contributed by atoms with Crippen LogP contribution in [0.2, 0.25) is 0 Å². The van der Waals surface area contributed by atoms with E-state index in [2.05, 4.69) is 10.1 Å². The highest BCUT2D eigenvalue weighted by Crippen LogP contribution is 2.21. The lowest BCUT2D eigenvalue weighted by molar-refractivity contribution is 0.614. The van der Waals surface area contributed by atoms with Gasteiger partial charge >= 0.3 is 0 Å². The molecule has 0 saturated heterocycles. The second kappa shape index (κ2) is 4.40. The molecule has 4 nitrogen and oxygen atoms in total. The highest BCUT2D eigenvalue weighted by Gasteiger charge is 2.17. The van der Waals surface area contributed by atoms with Gasteiger partial charge in [0.25, 0.3) is 0 Å². The number of hydrogen-bond donors (Lipinski definition) is 1. The molecule has 0 bridgehead atoms. The van der Waals surface area contributed by atoms with Gasteiger partial charge in [0.2, 0.25) is 0 Å². The molecule has 1 heterocycles. The first kappa shape index (κ1) is 10.8. The molecule has 1 aromatic heterocycles. The fraction of sp³-hybridized carbons (Fsp3) is 0.273. The van der Waals surface area contributed by atoms with E-state index in [0.717, 1.165) is 11.4 Å². The van der Waals surface area contributed by atoms with Crippen molar-refractivity contribution < 1.29 is 4.39 Å². The van der Waals surface area contributed by atoms with Crippen LogP contribution in [0.3, 0.4) is 0 Å². The Hall–Kier alpha value is -1.75. The summed E-state index contributed by atoms with van der Waals surface area (Å²) in [6.07, 6.45) is 1.47. The molecule has 0 aliphatic heterocycles. The molecule has 84 valence electrons. The zero-order valence-electron chi connectivity index (χ0n) is 8.97. The summed E-state index contributed by atoms with van der Waals surface area (Å²) in [5.74, 6) is 0.356. The summed E-state index contributed by atoms with van der Waals surface area (Å²) in [5.41, 5.74) is 6.53. The Morgan fingerprint density at radius 3 is 2.88 bits per heavy atom. The Labute approximate surface area is 92.9 Å². The van der Waals surface area contributed by atoms with E-state index in [1.165, 1.54) is 18.5 Å². The highest BCUT2D eigenvalue weighted by molar-refractivity contribution is 5.26. The Kier molecular flexibility index (Phi) is 2.96. The molecule has 5 heteroatoms. The summed E-state index contributed by atoms with van der Waals surface area (Å²) in [7, 11) is 1.80. The van der Waals surface area contributed by atoms with Gasteiger partial charge in [-0.15, -0.1) is 0 Å². The maximum Gasteiger partial charge on any atom is 0.138 e. The molecule has 2 aromatic rings. The molecule has 1 unspecified atom stereocenters. The number of nitrogens with two attached hydrogens (primary N) is 1. The molecule has 1 aromatic carbocycles. The van der Waals surface area contributed by atoms with Crippen molar-refractivity contribution in [3.05, 3.63) is 47.8 Å². The third kappa shape index (κ3) is 1.94. The first-order valence-electron chi connectivity index (χ1n) is 5.02. The van der Waals surface area contributed by atoms with E-state index in [-0.39, 0.29) is 11.7 Å². The van der Waals surface area contributed by atoms with Crippen LogP contribution in [0.25, 0.3) is 0 Å². The highest BCUT2D eigenvalue weighted by atomic mass is 19.1. The molecular formula is C11H13FN4. The summed E-state index contributed by atoms with van der Waals surface area (Å²) >= 11 is 0. The molecule has 2 rings (SSSR count). The molecule has 0 aliphatic carbocycles. The van der Waals surface area contributed by atoms with Gasteiger partial charge in [-0.2, -0.15) is 5.10 Å². The van der Waals surface area contributed by atoms with Crippen LogP contribution in [0.5, 0.6) is 0 Å². The van der Waals surface area contributed by atoms with E-state index in [1.807, 2.05) is 6.07 Å². The molecule has 0 spiro atoms. The topological polar surface area (TPSA) is 56.7 Å². The largest absolute Gasteiger partial charge is 0.329 e. The van der Waals surface area contributed by atoms with Crippen LogP contribution in [0.15, 0.2) is 30.6 Å². The molecule has 0 fully saturated rings. The van der Waals surface area contributed by atoms with Crippen LogP contribution in [0.4, 0.5) is 4.39 Å². The van der Waals surface area contributed by atoms with E-state index in [9.17, 15) is 4.39 Å². The van der Waals surface area contributed by atoms with Crippen molar-refractivity contribution in [3.63, 3.8) is 0 Å². The molecule has 0 saturated carbocycles. The number of hydrogen-bond acceptors (Lipinski definition) is 3. The Balaban J connectivity index is 2.40. The fourth-order valence-electron chi connectivity index (χ4n) is 1.73. The third-order valence-electron chi connectivity index (χ3n) is 2.54. The minimum Gasteiger partial charge on any atom is -0.329 e. The smallest absolute Gasteiger partial charge is 0.138 e. The summed E-state index contributed by atoms with van der Waals surface area (Å²) in [6, 6.07) is 6.40. The Bertz CT molecular complexity index is 480. The summed E-state index contributed by atoms with van der Waals surface area (Å²) in [4.78, 5) is 4.14. The zero-order chi connectivity index (χ0) is 11.5. The van der Waals surface area contributed by atoms with Crippen LogP contribution >= 0.6 is 0 Å². The van der Waals surface area contributed by atoms with Gasteiger partial charge in [0.15, 0.2) is 0 Å². The SMILES string of the molecule is Cn1ncnc1C(CN)c1cccc(F)c1. The van der Waals surface area contributed by atoms with Gasteiger partial charge in [0, 0.05) is 13.6 Å². The molecule has 2 N–H and O–H groups in total. The molecule has 0 aliphatic rings. The molecule has 0 radical (unpaired) electrons. The number of rotatable bonds is 3. The van der Waals surface area contributed by atoms with Gasteiger partial charge in [-0.1, -0.05) is 12.1 Å². The predicted molar refractivity (Wildman–Crippen MR) is 58.3 cm³/mol. The van der Waals surface area contributed by atoms with E-state index in [1.54, 1.807) is 17.8 Å². The Morgan fingerprint density at radius 2 is 2.31 bits per heavy atom. The van der Waals surface area contributed by atoms with Crippen molar-refractivity contribution in [3.8, 4) is 0 Å². The standard InChI is InChI=1S/C11H13FN4/c1-16-11(14-7-15-16)10(6-13)8-3-2-4-9(12)5-8/h2-5,7,10H,6,13H2,1H3. The maximum absolute atomic E-state index is 13.1. The van der Waals surface area contributed by atoms with E-state index in [0.29, 0.717) is 6.54 Å². The average Bonchev–Trinajstić information content (AvgIpc) is 2.67. The lowest BCUT2D eigenvalue weighted by Crippen LogP contribution is -2.18. The average molecular weight is 220 g/mol. The number of aryl methyl sites for hydroxylation is 1. The first-order valence-corrected chi connectivity index (χ1v) is 5.02. The molecular weight excluding hydrogens is 207 g/mol. The van der Waals surface area contributed by atoms with Crippen LogP contribution in [-0.4, -0.2) is 21.3 Å². The summed E-state index contributed by atoms with van der Waals surface area (Å²) in [6.45, 7) is 0.371. The van der Waals surface area contributed by atoms with Gasteiger partial charge in [0.1, 0.15) is 18.0 Å². The van der Waals surface area contributed by atoms with E-state index in [4.69, 9.17) is 5.73 Å². The minimum atomic E-state index is -0.266. The lowest BCUT2D eigenvalue weighted by atomic mass is 9.98. The predicted octanol–water partition coefficient (Wildman–Crippen LogP) is 1.04. The number of halogens is 1. The minimum absolute atomic E-state index is 0.122. The molecule has 1 atom stereocenters. The fourth-order valence-corrected chi connectivity index (χ4v) is 1.73. The van der Waals surface area contributed by atoms with Gasteiger partial charge in [0.05, 0.1) is 5.92 Å². The van der Waals surface area contributed by atoms with Gasteiger partial charge in [-0.05, 0) is 17.7 Å². The van der Waals surface area contributed by atoms with Gasteiger partial charge < -0.3 is 5.73 Å². The van der Waals surface area contributed by atoms with Crippen molar-refractivity contribution in [2.45, 2.75) is 5.92 Å². The maximum atomic E-state index is 13.1. The monoisotopic (exact) mass is 220 g/mol. The second-order valence-corrected chi connectivity index (χ2v) is 3.59. The first-order chi connectivity index (χ1) is 7.72. The summed E-state index contributed by atoms with van der Waals surface area (Å²) < 4.78 is 14.8. The summed E-state index contributed by atoms with van der Waals surface area (Å²) in [5, 5.41) is 3.99. The van der Waals surface area contributed by atoms with E-state index < -0.39 is 0 Å². The normalized spacial score (nSPS) is 12.7. The van der Waals surface area contributed by atoms with Crippen molar-refractivity contribution in [2.24, 2.45) is 12.8 Å². The van der Waals surface area contributed by atoms with Crippen molar-refractivity contribution in [2.75, 3.05) is 6.54 Å². The van der Waals surface area contributed by atoms with Crippen LogP contribution in [0, 0.1) is 5.82 Å².